The molecule has 0 saturated carbocycles. The normalized spacial score (nSPS) is 10.5. The van der Waals surface area contributed by atoms with E-state index in [2.05, 4.69) is 23.4 Å². The van der Waals surface area contributed by atoms with Crippen LogP contribution in [0.2, 0.25) is 0 Å². The van der Waals surface area contributed by atoms with E-state index in [1.807, 2.05) is 36.0 Å². The van der Waals surface area contributed by atoms with Gasteiger partial charge >= 0.3 is 0 Å². The molecule has 2 rings (SSSR count). The van der Waals surface area contributed by atoms with Gasteiger partial charge in [0.2, 0.25) is 0 Å². The predicted octanol–water partition coefficient (Wildman–Crippen LogP) is 2.41. The molecule has 0 spiro atoms. The quantitative estimate of drug-likeness (QED) is 0.793. The molecular formula is C13H18N4. The van der Waals surface area contributed by atoms with Crippen LogP contribution in [0.25, 0.3) is 0 Å². The number of hydrogen-bond donors (Lipinski definition) is 2. The fraction of sp³-hybridized carbons (Fsp3) is 0.308. The van der Waals surface area contributed by atoms with Crippen LogP contribution >= 0.6 is 0 Å². The second kappa shape index (κ2) is 4.91. The summed E-state index contributed by atoms with van der Waals surface area (Å²) in [5, 5.41) is 7.67. The van der Waals surface area contributed by atoms with Gasteiger partial charge in [0.05, 0.1) is 0 Å². The smallest absolute Gasteiger partial charge is 0.148 e. The van der Waals surface area contributed by atoms with Crippen LogP contribution in [-0.4, -0.2) is 9.78 Å². The van der Waals surface area contributed by atoms with Crippen molar-refractivity contribution in [3.8, 4) is 0 Å². The van der Waals surface area contributed by atoms with E-state index in [0.717, 1.165) is 30.2 Å². The predicted molar refractivity (Wildman–Crippen MR) is 70.8 cm³/mol. The maximum atomic E-state index is 5.87. The summed E-state index contributed by atoms with van der Waals surface area (Å²) in [6.45, 7) is 5.74. The van der Waals surface area contributed by atoms with Crippen molar-refractivity contribution in [1.82, 2.24) is 9.78 Å². The lowest BCUT2D eigenvalue weighted by atomic mass is 10.1. The Kier molecular flexibility index (Phi) is 3.32. The number of hydrogen-bond acceptors (Lipinski definition) is 3. The molecule has 4 nitrogen and oxygen atoms in total. The van der Waals surface area contributed by atoms with E-state index in [1.54, 1.807) is 0 Å². The summed E-state index contributed by atoms with van der Waals surface area (Å²) in [5.74, 6) is 0.897. The molecule has 0 aliphatic heterocycles. The molecule has 0 amide bonds. The van der Waals surface area contributed by atoms with Crippen molar-refractivity contribution in [1.29, 1.82) is 0 Å². The molecule has 2 aromatic rings. The van der Waals surface area contributed by atoms with Gasteiger partial charge in [-0.3, -0.25) is 4.68 Å². The minimum atomic E-state index is 0.748. The molecule has 3 N–H and O–H groups in total. The molecule has 1 heterocycles. The average Bonchev–Trinajstić information content (AvgIpc) is 2.79. The topological polar surface area (TPSA) is 55.9 Å². The van der Waals surface area contributed by atoms with Crippen LogP contribution in [0.5, 0.6) is 0 Å². The standard InChI is InChI=1S/C13H18N4/c1-3-17-8-7-13(16-17)15-9-11-5-4-6-12(14)10(11)2/h4-8H,3,9,14H2,1-2H3,(H,15,16). The van der Waals surface area contributed by atoms with Gasteiger partial charge in [0, 0.05) is 31.0 Å². The summed E-state index contributed by atoms with van der Waals surface area (Å²) in [5.41, 5.74) is 9.04. The number of aryl methyl sites for hydroxylation is 1. The van der Waals surface area contributed by atoms with Crippen molar-refractivity contribution in [2.24, 2.45) is 0 Å². The van der Waals surface area contributed by atoms with Gasteiger partial charge in [-0.2, -0.15) is 5.10 Å². The zero-order valence-corrected chi connectivity index (χ0v) is 10.3. The monoisotopic (exact) mass is 230 g/mol. The molecule has 0 fully saturated rings. The number of aromatic nitrogens is 2. The van der Waals surface area contributed by atoms with Gasteiger partial charge in [0.25, 0.3) is 0 Å². The molecule has 90 valence electrons. The summed E-state index contributed by atoms with van der Waals surface area (Å²) < 4.78 is 1.90. The molecule has 0 unspecified atom stereocenters. The average molecular weight is 230 g/mol. The van der Waals surface area contributed by atoms with Crippen molar-refractivity contribution >= 4 is 11.5 Å². The highest BCUT2D eigenvalue weighted by molar-refractivity contribution is 5.50. The Labute approximate surface area is 101 Å². The Bertz CT molecular complexity index is 502. The Morgan fingerprint density at radius 2 is 2.18 bits per heavy atom. The van der Waals surface area contributed by atoms with Crippen LogP contribution in [-0.2, 0) is 13.1 Å². The van der Waals surface area contributed by atoms with Crippen molar-refractivity contribution in [2.45, 2.75) is 26.9 Å². The number of nitrogens with two attached hydrogens (primary N) is 1. The van der Waals surface area contributed by atoms with E-state index in [4.69, 9.17) is 5.73 Å². The van der Waals surface area contributed by atoms with Gasteiger partial charge in [-0.15, -0.1) is 0 Å². The Morgan fingerprint density at radius 3 is 2.88 bits per heavy atom. The van der Waals surface area contributed by atoms with Gasteiger partial charge in [0.15, 0.2) is 0 Å². The lowest BCUT2D eigenvalue weighted by molar-refractivity contribution is 0.661. The van der Waals surface area contributed by atoms with Gasteiger partial charge in [-0.1, -0.05) is 12.1 Å². The van der Waals surface area contributed by atoms with Crippen LogP contribution in [0.4, 0.5) is 11.5 Å². The van der Waals surface area contributed by atoms with Crippen molar-refractivity contribution in [3.63, 3.8) is 0 Å². The summed E-state index contributed by atoms with van der Waals surface area (Å²) in [6, 6.07) is 7.95. The number of nitrogens with one attached hydrogen (secondary N) is 1. The van der Waals surface area contributed by atoms with Gasteiger partial charge < -0.3 is 11.1 Å². The maximum absolute atomic E-state index is 5.87. The van der Waals surface area contributed by atoms with E-state index in [-0.39, 0.29) is 0 Å². The van der Waals surface area contributed by atoms with E-state index in [9.17, 15) is 0 Å². The first-order valence-electron chi connectivity index (χ1n) is 5.82. The first-order valence-corrected chi connectivity index (χ1v) is 5.82. The van der Waals surface area contributed by atoms with E-state index >= 15 is 0 Å². The summed E-state index contributed by atoms with van der Waals surface area (Å²) in [7, 11) is 0. The van der Waals surface area contributed by atoms with Gasteiger partial charge in [-0.25, -0.2) is 0 Å². The molecule has 0 radical (unpaired) electrons. The third kappa shape index (κ3) is 2.58. The highest BCUT2D eigenvalue weighted by Crippen LogP contribution is 2.16. The highest BCUT2D eigenvalue weighted by Gasteiger charge is 2.02. The lowest BCUT2D eigenvalue weighted by Crippen LogP contribution is -2.04. The van der Waals surface area contributed by atoms with E-state index in [0.29, 0.717) is 0 Å². The third-order valence-corrected chi connectivity index (χ3v) is 2.91. The molecule has 0 saturated heterocycles. The van der Waals surface area contributed by atoms with Crippen molar-refractivity contribution in [3.05, 3.63) is 41.6 Å². The molecule has 0 bridgehead atoms. The number of rotatable bonds is 4. The molecule has 0 aliphatic rings. The SMILES string of the molecule is CCn1ccc(NCc2cccc(N)c2C)n1. The second-order valence-electron chi connectivity index (χ2n) is 4.04. The second-order valence-corrected chi connectivity index (χ2v) is 4.04. The fourth-order valence-corrected chi connectivity index (χ4v) is 1.71. The number of benzene rings is 1. The van der Waals surface area contributed by atoms with Gasteiger partial charge in [-0.05, 0) is 31.0 Å². The molecule has 0 aliphatic carbocycles. The van der Waals surface area contributed by atoms with Crippen LogP contribution in [0.3, 0.4) is 0 Å². The van der Waals surface area contributed by atoms with Crippen LogP contribution in [0.1, 0.15) is 18.1 Å². The Morgan fingerprint density at radius 1 is 1.35 bits per heavy atom. The summed E-state index contributed by atoms with van der Waals surface area (Å²) in [6.07, 6.45) is 1.97. The summed E-state index contributed by atoms with van der Waals surface area (Å²) >= 11 is 0. The minimum absolute atomic E-state index is 0.748. The first kappa shape index (κ1) is 11.5. The Balaban J connectivity index is 2.04. The van der Waals surface area contributed by atoms with E-state index in [1.165, 1.54) is 5.56 Å². The fourth-order valence-electron chi connectivity index (χ4n) is 1.71. The molecular weight excluding hydrogens is 212 g/mol. The van der Waals surface area contributed by atoms with Gasteiger partial charge in [0.1, 0.15) is 5.82 Å². The zero-order valence-electron chi connectivity index (χ0n) is 10.3. The summed E-state index contributed by atoms with van der Waals surface area (Å²) in [4.78, 5) is 0. The van der Waals surface area contributed by atoms with Crippen LogP contribution in [0, 0.1) is 6.92 Å². The molecule has 0 atom stereocenters. The van der Waals surface area contributed by atoms with Crippen LogP contribution < -0.4 is 11.1 Å². The zero-order chi connectivity index (χ0) is 12.3. The number of nitrogen functional groups attached to an aromatic ring is 1. The molecule has 1 aromatic heterocycles. The first-order chi connectivity index (χ1) is 8.20. The van der Waals surface area contributed by atoms with Crippen molar-refractivity contribution < 1.29 is 0 Å². The van der Waals surface area contributed by atoms with Crippen molar-refractivity contribution in [2.75, 3.05) is 11.1 Å². The maximum Gasteiger partial charge on any atom is 0.148 e. The molecule has 17 heavy (non-hydrogen) atoms. The molecule has 4 heteroatoms. The largest absolute Gasteiger partial charge is 0.399 e. The third-order valence-electron chi connectivity index (χ3n) is 2.91. The highest BCUT2D eigenvalue weighted by atomic mass is 15.3. The van der Waals surface area contributed by atoms with Crippen LogP contribution in [0.15, 0.2) is 30.5 Å². The minimum Gasteiger partial charge on any atom is -0.399 e. The molecule has 1 aromatic carbocycles. The lowest BCUT2D eigenvalue weighted by Gasteiger charge is -2.08. The van der Waals surface area contributed by atoms with E-state index < -0.39 is 0 Å². The number of anilines is 2. The Hall–Kier alpha value is -1.97. The number of nitrogens with zero attached hydrogens (tertiary/aromatic N) is 2.